The number of hydrogen-bond donors (Lipinski definition) is 1. The smallest absolute Gasteiger partial charge is 0.233 e. The Bertz CT molecular complexity index is 1010. The van der Waals surface area contributed by atoms with Gasteiger partial charge in [-0.15, -0.1) is 0 Å². The summed E-state index contributed by atoms with van der Waals surface area (Å²) in [7, 11) is 0. The van der Waals surface area contributed by atoms with E-state index in [1.54, 1.807) is 12.4 Å². The predicted octanol–water partition coefficient (Wildman–Crippen LogP) is 4.31. The average Bonchev–Trinajstić information content (AvgIpc) is 3.38. The molecule has 148 valence electrons. The van der Waals surface area contributed by atoms with Gasteiger partial charge >= 0.3 is 0 Å². The van der Waals surface area contributed by atoms with Crippen LogP contribution >= 0.6 is 11.6 Å². The van der Waals surface area contributed by atoms with E-state index in [0.717, 1.165) is 55.6 Å². The van der Waals surface area contributed by atoms with Gasteiger partial charge in [0.25, 0.3) is 0 Å². The maximum atomic E-state index is 13.7. The molecule has 1 aliphatic heterocycles. The van der Waals surface area contributed by atoms with Crippen molar-refractivity contribution in [3.05, 3.63) is 65.2 Å². The van der Waals surface area contributed by atoms with Crippen LogP contribution in [-0.2, 0) is 10.2 Å². The van der Waals surface area contributed by atoms with Crippen molar-refractivity contribution in [1.29, 1.82) is 0 Å². The zero-order valence-electron chi connectivity index (χ0n) is 16.0. The van der Waals surface area contributed by atoms with E-state index in [0.29, 0.717) is 10.8 Å². The Balaban J connectivity index is 1.43. The Morgan fingerprint density at radius 1 is 1.10 bits per heavy atom. The van der Waals surface area contributed by atoms with Crippen LogP contribution in [0.15, 0.2) is 48.8 Å². The summed E-state index contributed by atoms with van der Waals surface area (Å²) in [6.07, 6.45) is 8.16. The van der Waals surface area contributed by atoms with Crippen LogP contribution in [0.4, 0.5) is 0 Å². The van der Waals surface area contributed by atoms with Crippen molar-refractivity contribution in [2.75, 3.05) is 6.54 Å². The molecule has 1 N–H and O–H groups in total. The standard InChI is InChI=1S/C22H22ClN5O/c23-17-6-4-16(5-7-17)22(10-2-11-22)21(29)28-14-1-3-18(28)20-25-19(26-27-20)15-8-12-24-13-9-15/h4-9,12-13,18H,1-3,10-11,14H2,(H,25,26,27)/t18-/m1/s1. The van der Waals surface area contributed by atoms with E-state index in [9.17, 15) is 4.79 Å². The summed E-state index contributed by atoms with van der Waals surface area (Å²) in [4.78, 5) is 24.5. The van der Waals surface area contributed by atoms with Gasteiger partial charge in [0.05, 0.1) is 11.5 Å². The summed E-state index contributed by atoms with van der Waals surface area (Å²) in [5.41, 5.74) is 1.55. The number of halogens is 1. The number of aromatic amines is 1. The van der Waals surface area contributed by atoms with Crippen LogP contribution in [0.2, 0.25) is 5.02 Å². The third-order valence-corrected chi connectivity index (χ3v) is 6.54. The van der Waals surface area contributed by atoms with Gasteiger partial charge in [-0.1, -0.05) is 30.2 Å². The molecule has 2 aliphatic rings. The van der Waals surface area contributed by atoms with Crippen molar-refractivity contribution < 1.29 is 4.79 Å². The quantitative estimate of drug-likeness (QED) is 0.699. The largest absolute Gasteiger partial charge is 0.332 e. The number of rotatable bonds is 4. The molecule has 6 nitrogen and oxygen atoms in total. The number of nitrogens with one attached hydrogen (secondary N) is 1. The molecule has 0 unspecified atom stereocenters. The first-order chi connectivity index (χ1) is 14.2. The van der Waals surface area contributed by atoms with Crippen LogP contribution < -0.4 is 0 Å². The lowest BCUT2D eigenvalue weighted by Gasteiger charge is -2.44. The molecular formula is C22H22ClN5O. The van der Waals surface area contributed by atoms with Crippen molar-refractivity contribution >= 4 is 17.5 Å². The highest BCUT2D eigenvalue weighted by atomic mass is 35.5. The topological polar surface area (TPSA) is 74.8 Å². The molecule has 3 aromatic rings. The zero-order valence-corrected chi connectivity index (χ0v) is 16.8. The molecule has 0 bridgehead atoms. The molecule has 5 rings (SSSR count). The number of carbonyl (C=O) groups excluding carboxylic acids is 1. The number of carbonyl (C=O) groups is 1. The highest BCUT2D eigenvalue weighted by Gasteiger charge is 2.50. The summed E-state index contributed by atoms with van der Waals surface area (Å²) < 4.78 is 0. The van der Waals surface area contributed by atoms with E-state index >= 15 is 0 Å². The Hall–Kier alpha value is -2.73. The molecule has 1 saturated carbocycles. The van der Waals surface area contributed by atoms with Crippen LogP contribution in [0.25, 0.3) is 11.4 Å². The van der Waals surface area contributed by atoms with Gasteiger partial charge in [0.1, 0.15) is 5.82 Å². The summed E-state index contributed by atoms with van der Waals surface area (Å²) in [6.45, 7) is 0.754. The van der Waals surface area contributed by atoms with Crippen LogP contribution in [0.1, 0.15) is 49.5 Å². The highest BCUT2D eigenvalue weighted by Crippen LogP contribution is 2.47. The first kappa shape index (κ1) is 18.3. The molecule has 3 heterocycles. The average molecular weight is 408 g/mol. The van der Waals surface area contributed by atoms with E-state index in [1.807, 2.05) is 41.3 Å². The predicted molar refractivity (Wildman–Crippen MR) is 110 cm³/mol. The lowest BCUT2D eigenvalue weighted by atomic mass is 9.63. The molecule has 2 aromatic heterocycles. The van der Waals surface area contributed by atoms with Crippen LogP contribution in [0.5, 0.6) is 0 Å². The molecule has 7 heteroatoms. The Morgan fingerprint density at radius 3 is 2.55 bits per heavy atom. The second kappa shape index (κ2) is 7.26. The third kappa shape index (κ3) is 3.12. The van der Waals surface area contributed by atoms with Crippen molar-refractivity contribution in [3.63, 3.8) is 0 Å². The molecule has 29 heavy (non-hydrogen) atoms. The zero-order chi connectivity index (χ0) is 19.8. The lowest BCUT2D eigenvalue weighted by Crippen LogP contribution is -2.50. The monoisotopic (exact) mass is 407 g/mol. The van der Waals surface area contributed by atoms with Crippen molar-refractivity contribution in [2.24, 2.45) is 0 Å². The normalized spacial score (nSPS) is 20.4. The molecule has 1 atom stereocenters. The van der Waals surface area contributed by atoms with E-state index in [2.05, 4.69) is 15.2 Å². The fourth-order valence-electron chi connectivity index (χ4n) is 4.55. The molecule has 0 radical (unpaired) electrons. The Labute approximate surface area is 174 Å². The minimum Gasteiger partial charge on any atom is -0.332 e. The summed E-state index contributed by atoms with van der Waals surface area (Å²) >= 11 is 6.07. The number of benzene rings is 1. The van der Waals surface area contributed by atoms with E-state index in [-0.39, 0.29) is 11.9 Å². The SMILES string of the molecule is O=C(N1CCC[C@@H]1c1nc(-c2ccncc2)n[nH]1)C1(c2ccc(Cl)cc2)CCC1. The van der Waals surface area contributed by atoms with E-state index in [4.69, 9.17) is 16.6 Å². The van der Waals surface area contributed by atoms with Crippen LogP contribution in [0.3, 0.4) is 0 Å². The van der Waals surface area contributed by atoms with Crippen molar-refractivity contribution in [1.82, 2.24) is 25.1 Å². The van der Waals surface area contributed by atoms with Gasteiger partial charge in [0.2, 0.25) is 5.91 Å². The molecular weight excluding hydrogens is 386 g/mol. The first-order valence-electron chi connectivity index (χ1n) is 10.1. The number of amides is 1. The number of likely N-dealkylation sites (tertiary alicyclic amines) is 1. The van der Waals surface area contributed by atoms with E-state index in [1.165, 1.54) is 0 Å². The van der Waals surface area contributed by atoms with Gasteiger partial charge in [-0.2, -0.15) is 5.10 Å². The van der Waals surface area contributed by atoms with Gasteiger partial charge in [0.15, 0.2) is 5.82 Å². The minimum atomic E-state index is -0.429. The number of hydrogen-bond acceptors (Lipinski definition) is 4. The maximum Gasteiger partial charge on any atom is 0.233 e. The highest BCUT2D eigenvalue weighted by molar-refractivity contribution is 6.30. The van der Waals surface area contributed by atoms with Gasteiger partial charge in [0, 0.05) is 29.5 Å². The number of pyridine rings is 1. The van der Waals surface area contributed by atoms with E-state index < -0.39 is 5.41 Å². The van der Waals surface area contributed by atoms with Gasteiger partial charge in [-0.25, -0.2) is 4.98 Å². The van der Waals surface area contributed by atoms with Gasteiger partial charge in [-0.05, 0) is 55.5 Å². The van der Waals surface area contributed by atoms with Crippen molar-refractivity contribution in [3.8, 4) is 11.4 Å². The summed E-state index contributed by atoms with van der Waals surface area (Å²) in [6, 6.07) is 11.5. The number of H-pyrrole nitrogens is 1. The Morgan fingerprint density at radius 2 is 1.86 bits per heavy atom. The van der Waals surface area contributed by atoms with Gasteiger partial charge < -0.3 is 4.90 Å². The summed E-state index contributed by atoms with van der Waals surface area (Å²) in [5.74, 6) is 1.60. The van der Waals surface area contributed by atoms with Crippen molar-refractivity contribution in [2.45, 2.75) is 43.6 Å². The summed E-state index contributed by atoms with van der Waals surface area (Å²) in [5, 5.41) is 8.14. The number of aromatic nitrogens is 4. The number of nitrogens with zero attached hydrogens (tertiary/aromatic N) is 4. The molecule has 2 fully saturated rings. The second-order valence-electron chi connectivity index (χ2n) is 7.88. The Kier molecular flexibility index (Phi) is 4.59. The molecule has 1 aromatic carbocycles. The fourth-order valence-corrected chi connectivity index (χ4v) is 4.67. The van der Waals surface area contributed by atoms with Crippen LogP contribution in [-0.4, -0.2) is 37.5 Å². The second-order valence-corrected chi connectivity index (χ2v) is 8.32. The van der Waals surface area contributed by atoms with Crippen LogP contribution in [0, 0.1) is 0 Å². The molecule has 0 spiro atoms. The molecule has 1 saturated heterocycles. The first-order valence-corrected chi connectivity index (χ1v) is 10.4. The van der Waals surface area contributed by atoms with Gasteiger partial charge in [-0.3, -0.25) is 14.9 Å². The lowest BCUT2D eigenvalue weighted by molar-refractivity contribution is -0.142. The fraction of sp³-hybridized carbons (Fsp3) is 0.364. The minimum absolute atomic E-state index is 0.0598. The molecule has 1 aliphatic carbocycles. The molecule has 1 amide bonds. The maximum absolute atomic E-state index is 13.7. The third-order valence-electron chi connectivity index (χ3n) is 6.28.